The molecule has 1 rings (SSSR count). The van der Waals surface area contributed by atoms with Crippen molar-refractivity contribution < 1.29 is 4.39 Å². The van der Waals surface area contributed by atoms with Crippen LogP contribution < -0.4 is 10.7 Å². The molecule has 0 aliphatic heterocycles. The fraction of sp³-hybridized carbons (Fsp3) is 0.636. The molecule has 0 aliphatic rings. The van der Waals surface area contributed by atoms with Crippen LogP contribution >= 0.6 is 12.2 Å². The van der Waals surface area contributed by atoms with Gasteiger partial charge in [-0.25, -0.2) is 0 Å². The first kappa shape index (κ1) is 15.2. The van der Waals surface area contributed by atoms with E-state index < -0.39 is 0 Å². The Morgan fingerprint density at radius 3 is 2.50 bits per heavy atom. The molecule has 3 nitrogen and oxygen atoms in total. The molecule has 0 unspecified atom stereocenters. The molecule has 0 aromatic heterocycles. The Labute approximate surface area is 101 Å². The van der Waals surface area contributed by atoms with Crippen molar-refractivity contribution >= 4 is 17.9 Å². The van der Waals surface area contributed by atoms with Gasteiger partial charge in [0.1, 0.15) is 0 Å². The monoisotopic (exact) mass is 246 g/mol. The van der Waals surface area contributed by atoms with Crippen LogP contribution in [0.5, 0.6) is 0 Å². The summed E-state index contributed by atoms with van der Waals surface area (Å²) in [5.41, 5.74) is 0.651. The Hall–Kier alpha value is -0.810. The number of rotatable bonds is 6. The van der Waals surface area contributed by atoms with Crippen LogP contribution in [0.25, 0.3) is 0 Å². The van der Waals surface area contributed by atoms with Gasteiger partial charge in [0.05, 0.1) is 17.4 Å². The quantitative estimate of drug-likeness (QED) is 0.778. The van der Waals surface area contributed by atoms with E-state index in [9.17, 15) is 9.18 Å². The first-order chi connectivity index (χ1) is 7.65. The molecule has 16 heavy (non-hydrogen) atoms. The highest BCUT2D eigenvalue weighted by Crippen LogP contribution is 2.02. The van der Waals surface area contributed by atoms with Crippen LogP contribution in [0.3, 0.4) is 0 Å². The molecule has 0 amide bonds. The zero-order valence-corrected chi connectivity index (χ0v) is 10.9. The highest BCUT2D eigenvalue weighted by Gasteiger charge is 2.05. The molecule has 0 spiro atoms. The van der Waals surface area contributed by atoms with E-state index >= 15 is 0 Å². The smallest absolute Gasteiger partial charge is 0.219 e. The second kappa shape index (κ2) is 8.35. The molecule has 0 saturated heterocycles. The van der Waals surface area contributed by atoms with Gasteiger partial charge in [-0.2, -0.15) is 0 Å². The predicted octanol–water partition coefficient (Wildman–Crippen LogP) is 1.99. The highest BCUT2D eigenvalue weighted by molar-refractivity contribution is 7.71. The molecule has 92 valence electrons. The van der Waals surface area contributed by atoms with E-state index in [1.807, 2.05) is 0 Å². The van der Waals surface area contributed by atoms with Gasteiger partial charge in [0.2, 0.25) is 5.43 Å². The molecule has 0 fully saturated rings. The lowest BCUT2D eigenvalue weighted by Gasteiger charge is -2.16. The number of nitrogens with one attached hydrogen (secondary N) is 1. The summed E-state index contributed by atoms with van der Waals surface area (Å²) in [4.78, 5) is 13.3. The van der Waals surface area contributed by atoms with Crippen molar-refractivity contribution in [3.63, 3.8) is 0 Å². The average Bonchev–Trinajstić information content (AvgIpc) is 2.30. The number of hydrogen-bond donors (Lipinski definition) is 1. The van der Waals surface area contributed by atoms with Crippen LogP contribution in [0, 0.1) is 4.51 Å². The standard InChI is InChI=1S/C10H16N2OS.CH3F/c1-3-5-12(2)6-4-11-8-7-9(14)10(8)13;1-2/h7,11H,3-6H2,1-2H3;1H3. The minimum absolute atomic E-state index is 0.0156. The van der Waals surface area contributed by atoms with Crippen LogP contribution in [0.2, 0.25) is 0 Å². The molecular weight excluding hydrogens is 227 g/mol. The third kappa shape index (κ3) is 4.81. The minimum Gasteiger partial charge on any atom is -0.381 e. The number of likely N-dealkylation sites (N-methyl/N-ethyl adjacent to an activating group) is 1. The lowest BCUT2D eigenvalue weighted by molar-refractivity contribution is 0.348. The normalized spacial score (nSPS) is 10.1. The SMILES string of the molecule is CCCN(C)CCNc1cc(=S)c1=O.CF. The predicted molar refractivity (Wildman–Crippen MR) is 69.2 cm³/mol. The summed E-state index contributed by atoms with van der Waals surface area (Å²) >= 11 is 4.75. The molecular formula is C11H19FN2OS. The van der Waals surface area contributed by atoms with E-state index in [1.165, 1.54) is 0 Å². The second-order valence-electron chi connectivity index (χ2n) is 3.48. The number of anilines is 1. The minimum atomic E-state index is -0.0156. The number of nitrogens with zero attached hydrogens (tertiary/aromatic N) is 1. The van der Waals surface area contributed by atoms with E-state index in [1.54, 1.807) is 6.07 Å². The molecule has 1 N–H and O–H groups in total. The highest BCUT2D eigenvalue weighted by atomic mass is 32.1. The van der Waals surface area contributed by atoms with Gasteiger partial charge >= 0.3 is 0 Å². The van der Waals surface area contributed by atoms with Gasteiger partial charge in [0.25, 0.3) is 0 Å². The Bertz CT molecular complexity index is 360. The van der Waals surface area contributed by atoms with Crippen LogP contribution in [-0.2, 0) is 0 Å². The largest absolute Gasteiger partial charge is 0.381 e. The van der Waals surface area contributed by atoms with E-state index in [-0.39, 0.29) is 5.43 Å². The van der Waals surface area contributed by atoms with Crippen molar-refractivity contribution in [3.8, 4) is 0 Å². The number of halogens is 1. The molecule has 1 aromatic carbocycles. The van der Waals surface area contributed by atoms with E-state index in [4.69, 9.17) is 12.2 Å². The third-order valence-electron chi connectivity index (χ3n) is 2.16. The summed E-state index contributed by atoms with van der Waals surface area (Å²) in [5.74, 6) is 0. The molecule has 5 heteroatoms. The van der Waals surface area contributed by atoms with E-state index in [2.05, 4.69) is 24.2 Å². The van der Waals surface area contributed by atoms with E-state index in [0.717, 1.165) is 26.1 Å². The summed E-state index contributed by atoms with van der Waals surface area (Å²) in [6.45, 7) is 5.00. The fourth-order valence-electron chi connectivity index (χ4n) is 1.32. The molecule has 0 radical (unpaired) electrons. The van der Waals surface area contributed by atoms with Crippen molar-refractivity contribution in [3.05, 3.63) is 20.8 Å². The second-order valence-corrected chi connectivity index (χ2v) is 3.92. The molecule has 0 saturated carbocycles. The summed E-state index contributed by atoms with van der Waals surface area (Å²) in [5, 5.41) is 3.07. The van der Waals surface area contributed by atoms with Crippen LogP contribution in [0.15, 0.2) is 10.9 Å². The third-order valence-corrected chi connectivity index (χ3v) is 2.46. The Balaban J connectivity index is 0.00000106. The van der Waals surface area contributed by atoms with Crippen molar-refractivity contribution in [1.29, 1.82) is 0 Å². The number of alkyl halides is 1. The summed E-state index contributed by atoms with van der Waals surface area (Å²) in [6.07, 6.45) is 1.15. The lowest BCUT2D eigenvalue weighted by atomic mass is 10.2. The molecule has 0 bridgehead atoms. The maximum atomic E-state index is 11.1. The first-order valence-corrected chi connectivity index (χ1v) is 5.66. The van der Waals surface area contributed by atoms with Gasteiger partial charge in [-0.15, -0.1) is 0 Å². The molecule has 0 heterocycles. The van der Waals surface area contributed by atoms with Gasteiger partial charge in [0.15, 0.2) is 0 Å². The van der Waals surface area contributed by atoms with Gasteiger partial charge in [0, 0.05) is 13.1 Å². The number of hydrogen-bond acceptors (Lipinski definition) is 4. The Morgan fingerprint density at radius 1 is 1.44 bits per heavy atom. The first-order valence-electron chi connectivity index (χ1n) is 5.25. The van der Waals surface area contributed by atoms with Crippen molar-refractivity contribution in [2.24, 2.45) is 0 Å². The van der Waals surface area contributed by atoms with E-state index in [0.29, 0.717) is 17.4 Å². The topological polar surface area (TPSA) is 32.3 Å². The molecule has 0 atom stereocenters. The van der Waals surface area contributed by atoms with Crippen molar-refractivity contribution in [2.75, 3.05) is 39.2 Å². The van der Waals surface area contributed by atoms with Crippen molar-refractivity contribution in [2.45, 2.75) is 13.3 Å². The summed E-state index contributed by atoms with van der Waals surface area (Å²) < 4.78 is 9.94. The van der Waals surface area contributed by atoms with Crippen molar-refractivity contribution in [1.82, 2.24) is 4.90 Å². The summed E-state index contributed by atoms with van der Waals surface area (Å²) in [6, 6.07) is 1.72. The molecule has 0 aliphatic carbocycles. The Morgan fingerprint density at radius 2 is 2.06 bits per heavy atom. The summed E-state index contributed by atoms with van der Waals surface area (Å²) in [7, 11) is 2.58. The maximum Gasteiger partial charge on any atom is 0.219 e. The van der Waals surface area contributed by atoms with Gasteiger partial charge < -0.3 is 10.2 Å². The van der Waals surface area contributed by atoms with Crippen LogP contribution in [0.4, 0.5) is 10.1 Å². The lowest BCUT2D eigenvalue weighted by Crippen LogP contribution is -2.27. The van der Waals surface area contributed by atoms with Crippen LogP contribution in [0.1, 0.15) is 13.3 Å². The van der Waals surface area contributed by atoms with Gasteiger partial charge in [-0.3, -0.25) is 9.18 Å². The Kier molecular flexibility index (Phi) is 7.93. The zero-order chi connectivity index (χ0) is 12.6. The average molecular weight is 246 g/mol. The maximum absolute atomic E-state index is 11.1. The zero-order valence-electron chi connectivity index (χ0n) is 10.0. The fourth-order valence-corrected chi connectivity index (χ4v) is 1.55. The van der Waals surface area contributed by atoms with Gasteiger partial charge in [-0.05, 0) is 26.1 Å². The van der Waals surface area contributed by atoms with Gasteiger partial charge in [-0.1, -0.05) is 19.1 Å². The van der Waals surface area contributed by atoms with Crippen LogP contribution in [-0.4, -0.2) is 38.8 Å². The molecule has 1 aromatic rings.